The molecule has 3 aromatic rings. The highest BCUT2D eigenvalue weighted by Gasteiger charge is 2.16. The van der Waals surface area contributed by atoms with Crippen molar-refractivity contribution in [1.82, 2.24) is 4.57 Å². The molecule has 0 aliphatic heterocycles. The number of sulfonamides is 1. The molecule has 0 atom stereocenters. The van der Waals surface area contributed by atoms with Gasteiger partial charge in [0.05, 0.1) is 17.0 Å². The van der Waals surface area contributed by atoms with Crippen molar-refractivity contribution < 1.29 is 18.3 Å². The van der Waals surface area contributed by atoms with Crippen LogP contribution in [0.4, 0.5) is 0 Å². The first kappa shape index (κ1) is 19.9. The Labute approximate surface area is 164 Å². The molecular weight excluding hydrogens is 376 g/mol. The number of primary sulfonamides is 1. The Bertz CT molecular complexity index is 1130. The van der Waals surface area contributed by atoms with Gasteiger partial charge in [0.25, 0.3) is 0 Å². The van der Waals surface area contributed by atoms with Crippen molar-refractivity contribution in [2.24, 2.45) is 5.14 Å². The van der Waals surface area contributed by atoms with Crippen LogP contribution in [0, 0.1) is 13.8 Å². The number of carbonyl (C=O) groups is 1. The highest BCUT2D eigenvalue weighted by atomic mass is 32.2. The van der Waals surface area contributed by atoms with Gasteiger partial charge in [0.2, 0.25) is 10.0 Å². The van der Waals surface area contributed by atoms with Crippen molar-refractivity contribution in [3.63, 3.8) is 0 Å². The van der Waals surface area contributed by atoms with E-state index in [2.05, 4.69) is 0 Å². The summed E-state index contributed by atoms with van der Waals surface area (Å²) in [5, 5.41) is 14.3. The average molecular weight is 398 g/mol. The topological polar surface area (TPSA) is 102 Å². The molecular formula is C21H22N2O4S. The smallest absolute Gasteiger partial charge is 0.303 e. The van der Waals surface area contributed by atoms with Gasteiger partial charge in [-0.1, -0.05) is 29.8 Å². The first-order valence-corrected chi connectivity index (χ1v) is 10.3. The number of nitrogens with two attached hydrogens (primary N) is 1. The fourth-order valence-electron chi connectivity index (χ4n) is 3.20. The molecule has 2 aromatic carbocycles. The Hall–Kier alpha value is -2.90. The van der Waals surface area contributed by atoms with E-state index in [0.717, 1.165) is 33.8 Å². The molecule has 1 aromatic heterocycles. The lowest BCUT2D eigenvalue weighted by Crippen LogP contribution is -2.13. The van der Waals surface area contributed by atoms with Gasteiger partial charge in [-0.3, -0.25) is 4.79 Å². The number of aliphatic carboxylic acids is 1. The van der Waals surface area contributed by atoms with Crippen LogP contribution in [0.25, 0.3) is 16.9 Å². The van der Waals surface area contributed by atoms with Crippen LogP contribution in [-0.2, 0) is 21.2 Å². The summed E-state index contributed by atoms with van der Waals surface area (Å²) in [5.74, 6) is -0.870. The van der Waals surface area contributed by atoms with Crippen LogP contribution in [0.3, 0.4) is 0 Å². The number of hydrogen-bond donors (Lipinski definition) is 2. The van der Waals surface area contributed by atoms with E-state index in [0.29, 0.717) is 6.42 Å². The molecule has 3 rings (SSSR count). The fraction of sp³-hybridized carbons (Fsp3) is 0.190. The van der Waals surface area contributed by atoms with Gasteiger partial charge in [-0.2, -0.15) is 0 Å². The molecule has 0 radical (unpaired) electrons. The second-order valence-corrected chi connectivity index (χ2v) is 8.36. The standard InChI is InChI=1S/C21H22N2O4S/c1-14-3-5-16(6-4-14)20-10-7-17(8-12-21(24)25)23(20)19-11-9-18(13-15(19)2)28(22,26)27/h3-7,9-11,13H,8,12H2,1-2H3,(H,24,25)(H2,22,26,27). The second-order valence-electron chi connectivity index (χ2n) is 6.80. The molecule has 3 N–H and O–H groups in total. The number of benzene rings is 2. The largest absolute Gasteiger partial charge is 0.481 e. The van der Waals surface area contributed by atoms with Crippen LogP contribution in [0.2, 0.25) is 0 Å². The zero-order valence-corrected chi connectivity index (χ0v) is 16.5. The molecule has 6 nitrogen and oxygen atoms in total. The predicted octanol–water partition coefficient (Wildman–Crippen LogP) is 3.43. The molecule has 0 saturated carbocycles. The quantitative estimate of drug-likeness (QED) is 0.664. The van der Waals surface area contributed by atoms with Crippen molar-refractivity contribution >= 4 is 16.0 Å². The SMILES string of the molecule is Cc1ccc(-c2ccc(CCC(=O)O)n2-c2ccc(S(N)(=O)=O)cc2C)cc1. The molecule has 0 spiro atoms. The summed E-state index contributed by atoms with van der Waals surface area (Å²) in [6.45, 7) is 3.82. The summed E-state index contributed by atoms with van der Waals surface area (Å²) in [6, 6.07) is 16.6. The summed E-state index contributed by atoms with van der Waals surface area (Å²) in [6.07, 6.45) is 0.364. The number of carboxylic acid groups (broad SMARTS) is 1. The number of aryl methyl sites for hydroxylation is 3. The number of carboxylic acids is 1. The number of nitrogens with zero attached hydrogens (tertiary/aromatic N) is 1. The lowest BCUT2D eigenvalue weighted by Gasteiger charge is -2.17. The summed E-state index contributed by atoms with van der Waals surface area (Å²) in [5.41, 5.74) is 5.39. The zero-order valence-electron chi connectivity index (χ0n) is 15.7. The van der Waals surface area contributed by atoms with Gasteiger partial charge in [0.1, 0.15) is 0 Å². The number of rotatable bonds is 6. The summed E-state index contributed by atoms with van der Waals surface area (Å²) >= 11 is 0. The third-order valence-corrected chi connectivity index (χ3v) is 5.55. The van der Waals surface area contributed by atoms with Gasteiger partial charge in [-0.15, -0.1) is 0 Å². The zero-order chi connectivity index (χ0) is 20.5. The Morgan fingerprint density at radius 3 is 2.29 bits per heavy atom. The Kier molecular flexibility index (Phi) is 5.40. The van der Waals surface area contributed by atoms with Gasteiger partial charge >= 0.3 is 5.97 Å². The van der Waals surface area contributed by atoms with Gasteiger partial charge in [0.15, 0.2) is 0 Å². The van der Waals surface area contributed by atoms with Crippen molar-refractivity contribution in [2.75, 3.05) is 0 Å². The molecule has 1 heterocycles. The highest BCUT2D eigenvalue weighted by Crippen LogP contribution is 2.30. The third-order valence-electron chi connectivity index (χ3n) is 4.64. The van der Waals surface area contributed by atoms with E-state index in [1.807, 2.05) is 54.8 Å². The second kappa shape index (κ2) is 7.61. The molecule has 0 saturated heterocycles. The van der Waals surface area contributed by atoms with Crippen LogP contribution >= 0.6 is 0 Å². The molecule has 0 unspecified atom stereocenters. The third kappa shape index (κ3) is 4.16. The first-order valence-electron chi connectivity index (χ1n) is 8.80. The van der Waals surface area contributed by atoms with E-state index in [-0.39, 0.29) is 11.3 Å². The van der Waals surface area contributed by atoms with E-state index in [4.69, 9.17) is 10.2 Å². The number of aromatic nitrogens is 1. The van der Waals surface area contributed by atoms with Gasteiger partial charge < -0.3 is 9.67 Å². The molecule has 0 aliphatic carbocycles. The summed E-state index contributed by atoms with van der Waals surface area (Å²) in [7, 11) is -3.80. The van der Waals surface area contributed by atoms with Crippen molar-refractivity contribution in [3.05, 3.63) is 71.4 Å². The van der Waals surface area contributed by atoms with Crippen molar-refractivity contribution in [2.45, 2.75) is 31.6 Å². The van der Waals surface area contributed by atoms with Crippen molar-refractivity contribution in [3.8, 4) is 16.9 Å². The number of hydrogen-bond acceptors (Lipinski definition) is 3. The molecule has 146 valence electrons. The predicted molar refractivity (Wildman–Crippen MR) is 108 cm³/mol. The summed E-state index contributed by atoms with van der Waals surface area (Å²) in [4.78, 5) is 11.1. The normalized spacial score (nSPS) is 11.5. The van der Waals surface area contributed by atoms with Gasteiger partial charge in [-0.05, 0) is 61.7 Å². The van der Waals surface area contributed by atoms with E-state index < -0.39 is 16.0 Å². The van der Waals surface area contributed by atoms with E-state index in [1.54, 1.807) is 6.07 Å². The van der Waals surface area contributed by atoms with Crippen LogP contribution in [-0.4, -0.2) is 24.1 Å². The minimum atomic E-state index is -3.80. The summed E-state index contributed by atoms with van der Waals surface area (Å²) < 4.78 is 25.3. The van der Waals surface area contributed by atoms with Gasteiger partial charge in [0, 0.05) is 11.4 Å². The Balaban J connectivity index is 2.18. The van der Waals surface area contributed by atoms with Crippen LogP contribution in [0.1, 0.15) is 23.2 Å². The van der Waals surface area contributed by atoms with Crippen LogP contribution in [0.5, 0.6) is 0 Å². The first-order chi connectivity index (χ1) is 13.2. The molecule has 0 bridgehead atoms. The van der Waals surface area contributed by atoms with Crippen molar-refractivity contribution in [1.29, 1.82) is 0 Å². The maximum Gasteiger partial charge on any atom is 0.303 e. The van der Waals surface area contributed by atoms with Crippen LogP contribution < -0.4 is 5.14 Å². The molecule has 0 aliphatic rings. The van der Waals surface area contributed by atoms with E-state index in [9.17, 15) is 13.2 Å². The van der Waals surface area contributed by atoms with Gasteiger partial charge in [-0.25, -0.2) is 13.6 Å². The molecule has 28 heavy (non-hydrogen) atoms. The highest BCUT2D eigenvalue weighted by molar-refractivity contribution is 7.89. The van der Waals surface area contributed by atoms with E-state index in [1.165, 1.54) is 12.1 Å². The Morgan fingerprint density at radius 2 is 1.71 bits per heavy atom. The van der Waals surface area contributed by atoms with E-state index >= 15 is 0 Å². The molecule has 0 fully saturated rings. The fourth-order valence-corrected chi connectivity index (χ4v) is 3.80. The maximum atomic E-state index is 11.7. The molecule has 0 amide bonds. The maximum absolute atomic E-state index is 11.7. The minimum Gasteiger partial charge on any atom is -0.481 e. The Morgan fingerprint density at radius 1 is 1.04 bits per heavy atom. The minimum absolute atomic E-state index is 0.00562. The van der Waals surface area contributed by atoms with Crippen LogP contribution in [0.15, 0.2) is 59.5 Å². The lowest BCUT2D eigenvalue weighted by molar-refractivity contribution is -0.136. The molecule has 7 heteroatoms. The monoisotopic (exact) mass is 398 g/mol. The average Bonchev–Trinajstić information content (AvgIpc) is 3.03. The lowest BCUT2D eigenvalue weighted by atomic mass is 10.1.